The van der Waals surface area contributed by atoms with Crippen molar-refractivity contribution in [3.63, 3.8) is 0 Å². The van der Waals surface area contributed by atoms with Crippen LogP contribution < -0.4 is 10.6 Å². The van der Waals surface area contributed by atoms with Crippen LogP contribution in [0.1, 0.15) is 20.8 Å². The summed E-state index contributed by atoms with van der Waals surface area (Å²) in [6.45, 7) is 5.03. The fourth-order valence-electron chi connectivity index (χ4n) is 0.725. The molecule has 0 radical (unpaired) electrons. The lowest BCUT2D eigenvalue weighted by atomic mass is 10.2. The van der Waals surface area contributed by atoms with Gasteiger partial charge in [0.2, 0.25) is 11.8 Å². The highest BCUT2D eigenvalue weighted by molar-refractivity contribution is 5.87. The molecule has 0 aliphatic rings. The van der Waals surface area contributed by atoms with Crippen LogP contribution in [0.4, 0.5) is 0 Å². The molecule has 78 valence electrons. The monoisotopic (exact) mass is 197 g/mol. The molecule has 0 saturated heterocycles. The minimum atomic E-state index is -0.599. The lowest BCUT2D eigenvalue weighted by molar-refractivity contribution is -0.130. The number of nitrogens with zero attached hydrogens (tertiary/aromatic N) is 1. The van der Waals surface area contributed by atoms with Crippen molar-refractivity contribution in [3.05, 3.63) is 0 Å². The SMILES string of the molecule is CC(C)C(=O)NC(C)C(=O)NCC#N. The van der Waals surface area contributed by atoms with Gasteiger partial charge in [-0.25, -0.2) is 0 Å². The topological polar surface area (TPSA) is 82.0 Å². The van der Waals surface area contributed by atoms with E-state index < -0.39 is 6.04 Å². The van der Waals surface area contributed by atoms with Crippen molar-refractivity contribution in [1.82, 2.24) is 10.6 Å². The summed E-state index contributed by atoms with van der Waals surface area (Å²) in [5.74, 6) is -0.675. The van der Waals surface area contributed by atoms with Crippen LogP contribution >= 0.6 is 0 Å². The Balaban J connectivity index is 3.96. The molecule has 0 fully saturated rings. The molecule has 0 rings (SSSR count). The van der Waals surface area contributed by atoms with Crippen molar-refractivity contribution >= 4 is 11.8 Å². The Labute approximate surface area is 83.5 Å². The van der Waals surface area contributed by atoms with Crippen LogP contribution in [0.5, 0.6) is 0 Å². The van der Waals surface area contributed by atoms with Gasteiger partial charge in [-0.15, -0.1) is 0 Å². The molecule has 2 amide bonds. The molecule has 0 heterocycles. The minimum Gasteiger partial charge on any atom is -0.344 e. The first-order valence-electron chi connectivity index (χ1n) is 4.44. The van der Waals surface area contributed by atoms with Crippen LogP contribution in [0.3, 0.4) is 0 Å². The molecule has 1 atom stereocenters. The van der Waals surface area contributed by atoms with Crippen molar-refractivity contribution in [2.24, 2.45) is 5.92 Å². The predicted molar refractivity (Wildman–Crippen MR) is 51.1 cm³/mol. The van der Waals surface area contributed by atoms with E-state index in [1.54, 1.807) is 26.8 Å². The average molecular weight is 197 g/mol. The van der Waals surface area contributed by atoms with Crippen molar-refractivity contribution in [2.75, 3.05) is 6.54 Å². The van der Waals surface area contributed by atoms with E-state index in [2.05, 4.69) is 10.6 Å². The average Bonchev–Trinajstić information content (AvgIpc) is 2.13. The highest BCUT2D eigenvalue weighted by atomic mass is 16.2. The fourth-order valence-corrected chi connectivity index (χ4v) is 0.725. The fraction of sp³-hybridized carbons (Fsp3) is 0.667. The second kappa shape index (κ2) is 5.97. The van der Waals surface area contributed by atoms with Crippen LogP contribution in [-0.2, 0) is 9.59 Å². The molecule has 0 spiro atoms. The van der Waals surface area contributed by atoms with E-state index in [1.165, 1.54) is 0 Å². The Morgan fingerprint density at radius 2 is 1.86 bits per heavy atom. The van der Waals surface area contributed by atoms with Crippen LogP contribution in [0, 0.1) is 17.2 Å². The van der Waals surface area contributed by atoms with Gasteiger partial charge in [0.05, 0.1) is 6.07 Å². The molecule has 5 heteroatoms. The van der Waals surface area contributed by atoms with Gasteiger partial charge in [0.1, 0.15) is 12.6 Å². The van der Waals surface area contributed by atoms with Gasteiger partial charge >= 0.3 is 0 Å². The molecule has 0 aromatic carbocycles. The number of carbonyl (C=O) groups is 2. The van der Waals surface area contributed by atoms with Crippen molar-refractivity contribution in [1.29, 1.82) is 5.26 Å². The maximum absolute atomic E-state index is 11.2. The largest absolute Gasteiger partial charge is 0.344 e. The second-order valence-corrected chi connectivity index (χ2v) is 3.26. The number of hydrogen-bond acceptors (Lipinski definition) is 3. The van der Waals surface area contributed by atoms with Crippen molar-refractivity contribution in [3.8, 4) is 6.07 Å². The summed E-state index contributed by atoms with van der Waals surface area (Å²) in [5, 5.41) is 13.1. The summed E-state index contributed by atoms with van der Waals surface area (Å²) in [6, 6.07) is 1.19. The Bertz CT molecular complexity index is 255. The van der Waals surface area contributed by atoms with Gasteiger partial charge in [-0.05, 0) is 6.92 Å². The normalized spacial score (nSPS) is 11.6. The summed E-state index contributed by atoms with van der Waals surface area (Å²) < 4.78 is 0. The Hall–Kier alpha value is -1.57. The molecule has 0 aromatic rings. The summed E-state index contributed by atoms with van der Waals surface area (Å²) in [6.07, 6.45) is 0. The zero-order chi connectivity index (χ0) is 11.1. The Morgan fingerprint density at radius 1 is 1.29 bits per heavy atom. The number of hydrogen-bond donors (Lipinski definition) is 2. The molecule has 0 aliphatic heterocycles. The summed E-state index contributed by atoms with van der Waals surface area (Å²) >= 11 is 0. The van der Waals surface area contributed by atoms with Crippen molar-refractivity contribution < 1.29 is 9.59 Å². The van der Waals surface area contributed by atoms with Gasteiger partial charge in [0.25, 0.3) is 0 Å². The van der Waals surface area contributed by atoms with E-state index in [0.717, 1.165) is 0 Å². The van der Waals surface area contributed by atoms with Crippen LogP contribution in [0.25, 0.3) is 0 Å². The molecule has 1 unspecified atom stereocenters. The van der Waals surface area contributed by atoms with E-state index >= 15 is 0 Å². The highest BCUT2D eigenvalue weighted by Crippen LogP contribution is 1.92. The second-order valence-electron chi connectivity index (χ2n) is 3.26. The lowest BCUT2D eigenvalue weighted by Crippen LogP contribution is -2.46. The molecule has 0 aromatic heterocycles. The van der Waals surface area contributed by atoms with E-state index in [4.69, 9.17) is 5.26 Å². The highest BCUT2D eigenvalue weighted by Gasteiger charge is 2.16. The first-order valence-corrected chi connectivity index (χ1v) is 4.44. The molecule has 0 saturated carbocycles. The summed E-state index contributed by atoms with van der Waals surface area (Å²) in [7, 11) is 0. The molecular formula is C9H15N3O2. The van der Waals surface area contributed by atoms with Gasteiger partial charge in [-0.3, -0.25) is 9.59 Å². The van der Waals surface area contributed by atoms with Gasteiger partial charge < -0.3 is 10.6 Å². The smallest absolute Gasteiger partial charge is 0.243 e. The number of nitrogens with one attached hydrogen (secondary N) is 2. The van der Waals surface area contributed by atoms with E-state index in [0.29, 0.717) is 0 Å². The third-order valence-corrected chi connectivity index (χ3v) is 1.62. The van der Waals surface area contributed by atoms with Gasteiger partial charge in [0, 0.05) is 5.92 Å². The molecule has 0 aliphatic carbocycles. The maximum Gasteiger partial charge on any atom is 0.243 e. The number of nitriles is 1. The lowest BCUT2D eigenvalue weighted by Gasteiger charge is -2.14. The Kier molecular flexibility index (Phi) is 5.30. The Morgan fingerprint density at radius 3 is 2.29 bits per heavy atom. The molecule has 5 nitrogen and oxygen atoms in total. The molecule has 0 bridgehead atoms. The first-order chi connectivity index (χ1) is 6.49. The third-order valence-electron chi connectivity index (χ3n) is 1.62. The third kappa shape index (κ3) is 4.45. The van der Waals surface area contributed by atoms with E-state index in [9.17, 15) is 9.59 Å². The van der Waals surface area contributed by atoms with Gasteiger partial charge in [-0.2, -0.15) is 5.26 Å². The van der Waals surface area contributed by atoms with Gasteiger partial charge in [0.15, 0.2) is 0 Å². The van der Waals surface area contributed by atoms with E-state index in [1.807, 2.05) is 0 Å². The summed E-state index contributed by atoms with van der Waals surface area (Å²) in [5.41, 5.74) is 0. The summed E-state index contributed by atoms with van der Waals surface area (Å²) in [4.78, 5) is 22.4. The van der Waals surface area contributed by atoms with Crippen LogP contribution in [-0.4, -0.2) is 24.4 Å². The molecular weight excluding hydrogens is 182 g/mol. The van der Waals surface area contributed by atoms with Gasteiger partial charge in [-0.1, -0.05) is 13.8 Å². The maximum atomic E-state index is 11.2. The molecule has 14 heavy (non-hydrogen) atoms. The van der Waals surface area contributed by atoms with Crippen LogP contribution in [0.15, 0.2) is 0 Å². The first kappa shape index (κ1) is 12.4. The standard InChI is InChI=1S/C9H15N3O2/c1-6(2)8(13)12-7(3)9(14)11-5-4-10/h6-7H,5H2,1-3H3,(H,11,14)(H,12,13). The number of rotatable bonds is 4. The van der Waals surface area contributed by atoms with Crippen molar-refractivity contribution in [2.45, 2.75) is 26.8 Å². The zero-order valence-corrected chi connectivity index (χ0v) is 8.63. The number of carbonyl (C=O) groups excluding carboxylic acids is 2. The zero-order valence-electron chi connectivity index (χ0n) is 8.63. The number of amides is 2. The van der Waals surface area contributed by atoms with Crippen LogP contribution in [0.2, 0.25) is 0 Å². The minimum absolute atomic E-state index is 0.0410. The van der Waals surface area contributed by atoms with E-state index in [-0.39, 0.29) is 24.3 Å². The quantitative estimate of drug-likeness (QED) is 0.612. The predicted octanol–water partition coefficient (Wildman–Crippen LogP) is -0.213. The molecule has 2 N–H and O–H groups in total.